The highest BCUT2D eigenvalue weighted by Crippen LogP contribution is 2.38. The average Bonchev–Trinajstić information content (AvgIpc) is 2.42. The molecule has 3 N–H and O–H groups in total. The molecule has 0 aliphatic heterocycles. The van der Waals surface area contributed by atoms with Gasteiger partial charge in [0.1, 0.15) is 11.5 Å². The van der Waals surface area contributed by atoms with Crippen LogP contribution in [0.25, 0.3) is 0 Å². The minimum atomic E-state index is 0.00782. The van der Waals surface area contributed by atoms with Crippen molar-refractivity contribution in [2.24, 2.45) is 17.2 Å². The maximum Gasteiger partial charge on any atom is 0.127 e. The predicted molar refractivity (Wildman–Crippen MR) is 87.5 cm³/mol. The van der Waals surface area contributed by atoms with E-state index in [9.17, 15) is 0 Å². The molecule has 0 bridgehead atoms. The molecule has 1 aromatic carbocycles. The van der Waals surface area contributed by atoms with Crippen LogP contribution in [0.3, 0.4) is 0 Å². The van der Waals surface area contributed by atoms with Crippen molar-refractivity contribution in [3.63, 3.8) is 0 Å². The monoisotopic (exact) mass is 294 g/mol. The van der Waals surface area contributed by atoms with Gasteiger partial charge in [-0.05, 0) is 36.3 Å². The number of hydrazine groups is 1. The third-order valence-corrected chi connectivity index (χ3v) is 3.61. The Morgan fingerprint density at radius 3 is 2.05 bits per heavy atom. The summed E-state index contributed by atoms with van der Waals surface area (Å²) in [5.74, 6) is 7.96. The molecule has 1 aromatic rings. The number of hydrogen-bond acceptors (Lipinski definition) is 4. The van der Waals surface area contributed by atoms with E-state index < -0.39 is 0 Å². The van der Waals surface area contributed by atoms with Crippen LogP contribution in [-0.2, 0) is 0 Å². The smallest absolute Gasteiger partial charge is 0.127 e. The van der Waals surface area contributed by atoms with Crippen molar-refractivity contribution >= 4 is 0 Å². The van der Waals surface area contributed by atoms with Gasteiger partial charge in [-0.2, -0.15) is 0 Å². The van der Waals surface area contributed by atoms with Crippen molar-refractivity contribution in [3.8, 4) is 11.5 Å². The number of benzene rings is 1. The van der Waals surface area contributed by atoms with E-state index >= 15 is 0 Å². The molecule has 0 aliphatic rings. The molecule has 0 fully saturated rings. The van der Waals surface area contributed by atoms with Gasteiger partial charge < -0.3 is 9.47 Å². The first-order chi connectivity index (χ1) is 9.82. The normalized spacial score (nSPS) is 14.6. The van der Waals surface area contributed by atoms with Crippen LogP contribution in [0.2, 0.25) is 0 Å². The quantitative estimate of drug-likeness (QED) is 0.595. The average molecular weight is 294 g/mol. The summed E-state index contributed by atoms with van der Waals surface area (Å²) < 4.78 is 11.0. The maximum absolute atomic E-state index is 5.80. The molecular weight excluding hydrogens is 264 g/mol. The zero-order chi connectivity index (χ0) is 16.0. The van der Waals surface area contributed by atoms with Crippen molar-refractivity contribution in [1.29, 1.82) is 0 Å². The first-order valence-electron chi connectivity index (χ1n) is 7.49. The zero-order valence-corrected chi connectivity index (χ0v) is 14.2. The molecule has 120 valence electrons. The fourth-order valence-corrected chi connectivity index (χ4v) is 3.02. The van der Waals surface area contributed by atoms with Gasteiger partial charge in [-0.3, -0.25) is 11.3 Å². The molecule has 1 rings (SSSR count). The van der Waals surface area contributed by atoms with Gasteiger partial charge >= 0.3 is 0 Å². The van der Waals surface area contributed by atoms with Gasteiger partial charge in [0.05, 0.1) is 25.8 Å². The first-order valence-corrected chi connectivity index (χ1v) is 7.49. The number of hydrogen-bond donors (Lipinski definition) is 2. The summed E-state index contributed by atoms with van der Waals surface area (Å²) in [6, 6.07) is 5.81. The number of rotatable bonds is 7. The zero-order valence-electron chi connectivity index (χ0n) is 14.2. The second kappa shape index (κ2) is 7.66. The highest BCUT2D eigenvalue weighted by atomic mass is 16.5. The molecule has 0 heterocycles. The lowest BCUT2D eigenvalue weighted by molar-refractivity contribution is 0.271. The number of nitrogens with one attached hydrogen (secondary N) is 1. The largest absolute Gasteiger partial charge is 0.496 e. The Kier molecular flexibility index (Phi) is 6.49. The topological polar surface area (TPSA) is 56.5 Å². The van der Waals surface area contributed by atoms with Crippen molar-refractivity contribution in [2.75, 3.05) is 14.2 Å². The van der Waals surface area contributed by atoms with E-state index in [0.29, 0.717) is 11.3 Å². The second-order valence-electron chi connectivity index (χ2n) is 6.90. The summed E-state index contributed by atoms with van der Waals surface area (Å²) in [5, 5.41) is 0. The molecule has 0 saturated carbocycles. The van der Waals surface area contributed by atoms with E-state index in [2.05, 4.69) is 33.1 Å². The number of methoxy groups -OCH3 is 2. The van der Waals surface area contributed by atoms with Crippen LogP contribution in [0.5, 0.6) is 11.5 Å². The van der Waals surface area contributed by atoms with Crippen LogP contribution in [0.4, 0.5) is 0 Å². The van der Waals surface area contributed by atoms with Crippen LogP contribution < -0.4 is 20.7 Å². The lowest BCUT2D eigenvalue weighted by Gasteiger charge is -2.28. The summed E-state index contributed by atoms with van der Waals surface area (Å²) in [4.78, 5) is 0. The Morgan fingerprint density at radius 2 is 1.67 bits per heavy atom. The van der Waals surface area contributed by atoms with Gasteiger partial charge in [-0.1, -0.05) is 33.8 Å². The van der Waals surface area contributed by atoms with Crippen LogP contribution in [0, 0.1) is 11.3 Å². The molecule has 21 heavy (non-hydrogen) atoms. The van der Waals surface area contributed by atoms with Crippen LogP contribution in [0.1, 0.15) is 52.1 Å². The maximum atomic E-state index is 5.80. The standard InChI is InChI=1S/C17H30N2O2/c1-12(11-17(2,3)4)10-13(19-18)16-14(20-5)8-7-9-15(16)21-6/h7-9,12-13,19H,10-11,18H2,1-6H3. The Balaban J connectivity index is 2.99. The lowest BCUT2D eigenvalue weighted by Crippen LogP contribution is -2.30. The summed E-state index contributed by atoms with van der Waals surface area (Å²) in [7, 11) is 3.34. The molecule has 2 unspecified atom stereocenters. The summed E-state index contributed by atoms with van der Waals surface area (Å²) in [5.41, 5.74) is 4.22. The third-order valence-electron chi connectivity index (χ3n) is 3.61. The summed E-state index contributed by atoms with van der Waals surface area (Å²) >= 11 is 0. The summed E-state index contributed by atoms with van der Waals surface area (Å²) in [6.45, 7) is 9.05. The van der Waals surface area contributed by atoms with Crippen molar-refractivity contribution in [1.82, 2.24) is 5.43 Å². The lowest BCUT2D eigenvalue weighted by atomic mass is 9.82. The van der Waals surface area contributed by atoms with E-state index in [1.165, 1.54) is 0 Å². The highest BCUT2D eigenvalue weighted by molar-refractivity contribution is 5.47. The van der Waals surface area contributed by atoms with Crippen molar-refractivity contribution in [2.45, 2.75) is 46.6 Å². The SMILES string of the molecule is COc1cccc(OC)c1C(CC(C)CC(C)(C)C)NN. The fourth-order valence-electron chi connectivity index (χ4n) is 3.02. The van der Waals surface area contributed by atoms with Gasteiger partial charge in [-0.15, -0.1) is 0 Å². The fraction of sp³-hybridized carbons (Fsp3) is 0.647. The Bertz CT molecular complexity index is 419. The molecule has 0 spiro atoms. The Hall–Kier alpha value is -1.26. The molecule has 0 radical (unpaired) electrons. The van der Waals surface area contributed by atoms with Crippen molar-refractivity contribution < 1.29 is 9.47 Å². The van der Waals surface area contributed by atoms with Crippen molar-refractivity contribution in [3.05, 3.63) is 23.8 Å². The van der Waals surface area contributed by atoms with Gasteiger partial charge in [0, 0.05) is 0 Å². The first kappa shape index (κ1) is 17.8. The second-order valence-corrected chi connectivity index (χ2v) is 6.90. The van der Waals surface area contributed by atoms with E-state index in [1.807, 2.05) is 18.2 Å². The highest BCUT2D eigenvalue weighted by Gasteiger charge is 2.24. The third kappa shape index (κ3) is 5.21. The van der Waals surface area contributed by atoms with E-state index in [1.54, 1.807) is 14.2 Å². The molecular formula is C17H30N2O2. The molecule has 2 atom stereocenters. The van der Waals surface area contributed by atoms with Gasteiger partial charge in [0.25, 0.3) is 0 Å². The molecule has 4 nitrogen and oxygen atoms in total. The predicted octanol–water partition coefficient (Wildman–Crippen LogP) is 3.67. The van der Waals surface area contributed by atoms with E-state index in [4.69, 9.17) is 15.3 Å². The molecule has 0 aliphatic carbocycles. The van der Waals surface area contributed by atoms with Gasteiger partial charge in [0.15, 0.2) is 0 Å². The molecule has 0 aromatic heterocycles. The minimum Gasteiger partial charge on any atom is -0.496 e. The van der Waals surface area contributed by atoms with E-state index in [0.717, 1.165) is 29.9 Å². The summed E-state index contributed by atoms with van der Waals surface area (Å²) in [6.07, 6.45) is 2.08. The Morgan fingerprint density at radius 1 is 1.14 bits per heavy atom. The number of nitrogens with two attached hydrogens (primary N) is 1. The van der Waals surface area contributed by atoms with Crippen LogP contribution >= 0.6 is 0 Å². The van der Waals surface area contributed by atoms with Crippen LogP contribution in [0.15, 0.2) is 18.2 Å². The molecule has 0 saturated heterocycles. The number of ether oxygens (including phenoxy) is 2. The van der Waals surface area contributed by atoms with Gasteiger partial charge in [0.2, 0.25) is 0 Å². The molecule has 4 heteroatoms. The van der Waals surface area contributed by atoms with E-state index in [-0.39, 0.29) is 6.04 Å². The van der Waals surface area contributed by atoms with Crippen LogP contribution in [-0.4, -0.2) is 14.2 Å². The molecule has 0 amide bonds. The Labute approximate surface area is 129 Å². The minimum absolute atomic E-state index is 0.00782. The van der Waals surface area contributed by atoms with Gasteiger partial charge in [-0.25, -0.2) is 0 Å².